The number of aliphatic imine (C=N–C) groups is 1. The molecule has 4 unspecified atom stereocenters. The van der Waals surface area contributed by atoms with Crippen molar-refractivity contribution in [2.45, 2.75) is 31.2 Å². The SMILES string of the molecule is CC=C1CN2CCC34C(=Nc5ccc(O)cc53)C2CC1C4(CO)C(=O)OC. The number of phenolic OH excluding ortho intramolecular Hbond substituents is 1. The summed E-state index contributed by atoms with van der Waals surface area (Å²) >= 11 is 0. The number of aliphatic hydroxyl groups excluding tert-OH is 1. The molecule has 1 aliphatic carbocycles. The fraction of sp³-hybridized carbons (Fsp3) is 0.524. The van der Waals surface area contributed by atoms with Crippen molar-refractivity contribution in [1.82, 2.24) is 4.90 Å². The largest absolute Gasteiger partial charge is 0.508 e. The van der Waals surface area contributed by atoms with E-state index in [4.69, 9.17) is 9.73 Å². The van der Waals surface area contributed by atoms with Crippen molar-refractivity contribution in [2.75, 3.05) is 26.8 Å². The predicted molar refractivity (Wildman–Crippen MR) is 100 cm³/mol. The van der Waals surface area contributed by atoms with E-state index in [1.165, 1.54) is 12.7 Å². The fourth-order valence-corrected chi connectivity index (χ4v) is 6.37. The summed E-state index contributed by atoms with van der Waals surface area (Å²) in [6, 6.07) is 5.33. The highest BCUT2D eigenvalue weighted by Crippen LogP contribution is 2.66. The molecule has 3 aliphatic heterocycles. The number of phenols is 1. The van der Waals surface area contributed by atoms with Crippen molar-refractivity contribution in [2.24, 2.45) is 16.3 Å². The molecule has 4 aliphatic rings. The molecule has 3 fully saturated rings. The maximum Gasteiger partial charge on any atom is 0.316 e. The van der Waals surface area contributed by atoms with Gasteiger partial charge in [-0.2, -0.15) is 0 Å². The Bertz CT molecular complexity index is 907. The standard InChI is InChI=1S/C21H24N2O4/c1-3-12-10-23-7-6-20-15-8-13(25)4-5-16(15)22-18(20)17(23)9-14(12)21(20,11-24)19(26)27-2/h3-5,8,14,17,24-25H,6-7,9-11H2,1-2H3. The highest BCUT2D eigenvalue weighted by molar-refractivity contribution is 6.11. The fourth-order valence-electron chi connectivity index (χ4n) is 6.37. The summed E-state index contributed by atoms with van der Waals surface area (Å²) in [5.74, 6) is -0.332. The number of fused-ring (bicyclic) bond motifs is 2. The number of hydrogen-bond acceptors (Lipinski definition) is 6. The van der Waals surface area contributed by atoms with Gasteiger partial charge in [0, 0.05) is 24.7 Å². The lowest BCUT2D eigenvalue weighted by molar-refractivity contribution is -0.170. The van der Waals surface area contributed by atoms with Crippen LogP contribution in [0.2, 0.25) is 0 Å². The second kappa shape index (κ2) is 5.42. The Hall–Kier alpha value is -2.18. The summed E-state index contributed by atoms with van der Waals surface area (Å²) < 4.78 is 5.31. The van der Waals surface area contributed by atoms with Crippen molar-refractivity contribution in [1.29, 1.82) is 0 Å². The Balaban J connectivity index is 1.87. The number of ether oxygens (including phenoxy) is 1. The maximum absolute atomic E-state index is 13.4. The molecular weight excluding hydrogens is 344 g/mol. The number of allylic oxidation sites excluding steroid dienone is 1. The van der Waals surface area contributed by atoms with E-state index >= 15 is 0 Å². The molecule has 3 heterocycles. The van der Waals surface area contributed by atoms with Gasteiger partial charge in [-0.1, -0.05) is 11.6 Å². The van der Waals surface area contributed by atoms with Gasteiger partial charge in [0.25, 0.3) is 0 Å². The van der Waals surface area contributed by atoms with E-state index in [0.717, 1.165) is 36.5 Å². The second-order valence-corrected chi connectivity index (χ2v) is 8.11. The molecule has 6 nitrogen and oxygen atoms in total. The van der Waals surface area contributed by atoms with Gasteiger partial charge in [0.05, 0.1) is 30.9 Å². The molecule has 6 heteroatoms. The monoisotopic (exact) mass is 368 g/mol. The Labute approximate surface area is 158 Å². The predicted octanol–water partition coefficient (Wildman–Crippen LogP) is 1.92. The van der Waals surface area contributed by atoms with Crippen LogP contribution in [0.5, 0.6) is 5.75 Å². The molecule has 1 aromatic carbocycles. The lowest BCUT2D eigenvalue weighted by Crippen LogP contribution is -2.74. The molecule has 4 atom stereocenters. The van der Waals surface area contributed by atoms with Crippen LogP contribution in [-0.4, -0.2) is 59.6 Å². The molecule has 27 heavy (non-hydrogen) atoms. The molecular formula is C21H24N2O4. The van der Waals surface area contributed by atoms with Crippen LogP contribution in [0.4, 0.5) is 5.69 Å². The van der Waals surface area contributed by atoms with Crippen LogP contribution in [0.1, 0.15) is 25.3 Å². The molecule has 1 aromatic rings. The highest BCUT2D eigenvalue weighted by atomic mass is 16.5. The Morgan fingerprint density at radius 3 is 3.00 bits per heavy atom. The summed E-state index contributed by atoms with van der Waals surface area (Å²) in [6.45, 7) is 3.31. The van der Waals surface area contributed by atoms with E-state index in [0.29, 0.717) is 6.42 Å². The quantitative estimate of drug-likeness (QED) is 0.616. The zero-order chi connectivity index (χ0) is 19.0. The average Bonchev–Trinajstić information content (AvgIpc) is 3.03. The van der Waals surface area contributed by atoms with E-state index in [1.807, 2.05) is 13.0 Å². The average molecular weight is 368 g/mol. The topological polar surface area (TPSA) is 82.4 Å². The van der Waals surface area contributed by atoms with E-state index in [9.17, 15) is 15.0 Å². The molecule has 0 radical (unpaired) electrons. The van der Waals surface area contributed by atoms with Gasteiger partial charge in [-0.25, -0.2) is 0 Å². The van der Waals surface area contributed by atoms with Crippen LogP contribution in [0, 0.1) is 11.3 Å². The van der Waals surface area contributed by atoms with Gasteiger partial charge in [0.2, 0.25) is 0 Å². The number of methoxy groups -OCH3 is 1. The summed E-state index contributed by atoms with van der Waals surface area (Å²) in [5, 5.41) is 21.0. The van der Waals surface area contributed by atoms with Gasteiger partial charge in [-0.3, -0.25) is 14.7 Å². The van der Waals surface area contributed by atoms with E-state index in [2.05, 4.69) is 11.0 Å². The Kier molecular flexibility index (Phi) is 3.41. The number of piperidine rings is 2. The van der Waals surface area contributed by atoms with Crippen molar-refractivity contribution in [3.8, 4) is 5.75 Å². The number of rotatable bonds is 2. The minimum Gasteiger partial charge on any atom is -0.508 e. The first-order chi connectivity index (χ1) is 13.0. The normalized spacial score (nSPS) is 37.7. The first-order valence-corrected chi connectivity index (χ1v) is 9.54. The number of carbonyl (C=O) groups is 1. The summed E-state index contributed by atoms with van der Waals surface area (Å²) in [6.07, 6.45) is 3.53. The molecule has 0 spiro atoms. The van der Waals surface area contributed by atoms with Crippen molar-refractivity contribution < 1.29 is 19.7 Å². The zero-order valence-corrected chi connectivity index (χ0v) is 15.6. The second-order valence-electron chi connectivity index (χ2n) is 8.11. The van der Waals surface area contributed by atoms with Gasteiger partial charge < -0.3 is 14.9 Å². The third-order valence-corrected chi connectivity index (χ3v) is 7.47. The molecule has 3 bridgehead atoms. The lowest BCUT2D eigenvalue weighted by Gasteiger charge is -2.64. The summed E-state index contributed by atoms with van der Waals surface area (Å²) in [5.41, 5.74) is 1.92. The van der Waals surface area contributed by atoms with Crippen molar-refractivity contribution in [3.05, 3.63) is 35.4 Å². The third kappa shape index (κ3) is 1.74. The van der Waals surface area contributed by atoms with Gasteiger partial charge in [0.1, 0.15) is 11.2 Å². The van der Waals surface area contributed by atoms with Crippen LogP contribution in [0.25, 0.3) is 0 Å². The number of carbonyl (C=O) groups excluding carboxylic acids is 1. The molecule has 1 saturated carbocycles. The maximum atomic E-state index is 13.4. The smallest absolute Gasteiger partial charge is 0.316 e. The van der Waals surface area contributed by atoms with Crippen molar-refractivity contribution >= 4 is 17.4 Å². The molecule has 0 amide bonds. The Morgan fingerprint density at radius 2 is 2.30 bits per heavy atom. The van der Waals surface area contributed by atoms with Gasteiger partial charge in [-0.15, -0.1) is 0 Å². The van der Waals surface area contributed by atoms with Gasteiger partial charge in [-0.05, 0) is 43.5 Å². The first-order valence-electron chi connectivity index (χ1n) is 9.54. The van der Waals surface area contributed by atoms with Crippen LogP contribution < -0.4 is 0 Å². The van der Waals surface area contributed by atoms with Gasteiger partial charge >= 0.3 is 5.97 Å². The minimum atomic E-state index is -1.12. The van der Waals surface area contributed by atoms with Crippen LogP contribution in [0.15, 0.2) is 34.8 Å². The summed E-state index contributed by atoms with van der Waals surface area (Å²) in [7, 11) is 1.39. The lowest BCUT2D eigenvalue weighted by atomic mass is 9.43. The van der Waals surface area contributed by atoms with E-state index in [1.54, 1.807) is 12.1 Å². The van der Waals surface area contributed by atoms with E-state index < -0.39 is 10.8 Å². The van der Waals surface area contributed by atoms with Crippen LogP contribution in [-0.2, 0) is 14.9 Å². The van der Waals surface area contributed by atoms with Gasteiger partial charge in [0.15, 0.2) is 0 Å². The number of aromatic hydroxyl groups is 1. The molecule has 0 aromatic heterocycles. The molecule has 2 saturated heterocycles. The molecule has 142 valence electrons. The number of hydrogen-bond donors (Lipinski definition) is 2. The summed E-state index contributed by atoms with van der Waals surface area (Å²) in [4.78, 5) is 20.7. The van der Waals surface area contributed by atoms with Crippen molar-refractivity contribution in [3.63, 3.8) is 0 Å². The minimum absolute atomic E-state index is 0.103. The Morgan fingerprint density at radius 1 is 1.48 bits per heavy atom. The van der Waals surface area contributed by atoms with Crippen LogP contribution in [0.3, 0.4) is 0 Å². The highest BCUT2D eigenvalue weighted by Gasteiger charge is 2.73. The zero-order valence-electron chi connectivity index (χ0n) is 15.6. The number of aliphatic hydroxyl groups is 1. The number of esters is 1. The number of benzene rings is 1. The third-order valence-electron chi connectivity index (χ3n) is 7.47. The molecule has 2 N–H and O–H groups in total. The molecule has 5 rings (SSSR count). The number of nitrogens with zero attached hydrogens (tertiary/aromatic N) is 2. The van der Waals surface area contributed by atoms with E-state index in [-0.39, 0.29) is 30.3 Å². The first kappa shape index (κ1) is 17.0. The van der Waals surface area contributed by atoms with Crippen LogP contribution >= 0.6 is 0 Å².